The molecule has 2 N–H and O–H groups in total. The van der Waals surface area contributed by atoms with Crippen LogP contribution < -0.4 is 10.6 Å². The maximum absolute atomic E-state index is 11.5. The highest BCUT2D eigenvalue weighted by molar-refractivity contribution is 8.00. The third kappa shape index (κ3) is 4.20. The summed E-state index contributed by atoms with van der Waals surface area (Å²) in [6, 6.07) is 18.2. The third-order valence-corrected chi connectivity index (χ3v) is 5.65. The zero-order valence-electron chi connectivity index (χ0n) is 16.4. The van der Waals surface area contributed by atoms with Crippen LogP contribution in [-0.4, -0.2) is 39.0 Å². The Balaban J connectivity index is 2.03. The van der Waals surface area contributed by atoms with E-state index in [1.54, 1.807) is 6.92 Å². The highest BCUT2D eigenvalue weighted by Gasteiger charge is 2.20. The fraction of sp³-hybridized carbons (Fsp3) is 0.286. The molecule has 1 amide bonds. The van der Waals surface area contributed by atoms with Gasteiger partial charge in [0.15, 0.2) is 11.0 Å². The van der Waals surface area contributed by atoms with Gasteiger partial charge in [-0.05, 0) is 57.2 Å². The highest BCUT2D eigenvalue weighted by atomic mass is 32.2. The number of carbonyl (C=O) groups is 1. The molecule has 7 heteroatoms. The van der Waals surface area contributed by atoms with E-state index in [4.69, 9.17) is 5.73 Å². The number of carbonyl (C=O) groups excluding carboxylic acids is 1. The minimum Gasteiger partial charge on any atom is -0.372 e. The van der Waals surface area contributed by atoms with Crippen molar-refractivity contribution in [3.05, 3.63) is 54.6 Å². The molecule has 0 unspecified atom stereocenters. The molecule has 0 saturated heterocycles. The molecule has 1 aromatic heterocycles. The van der Waals surface area contributed by atoms with Crippen LogP contribution in [0.15, 0.2) is 59.8 Å². The zero-order valence-corrected chi connectivity index (χ0v) is 17.2. The molecule has 0 aliphatic rings. The smallest absolute Gasteiger partial charge is 0.230 e. The first-order valence-corrected chi connectivity index (χ1v) is 10.2. The number of hydrogen-bond donors (Lipinski definition) is 1. The van der Waals surface area contributed by atoms with E-state index in [0.717, 1.165) is 30.2 Å². The summed E-state index contributed by atoms with van der Waals surface area (Å²) in [5, 5.41) is 9.00. The first kappa shape index (κ1) is 19.9. The SMILES string of the molecule is CCN(CC)c1ccc(-c2nnc(S[C@H](C)C(N)=O)n2-c2ccccc2)cc1. The number of benzene rings is 2. The molecule has 1 heterocycles. The Bertz CT molecular complexity index is 920. The number of amides is 1. The van der Waals surface area contributed by atoms with Gasteiger partial charge in [-0.2, -0.15) is 0 Å². The van der Waals surface area contributed by atoms with E-state index in [1.807, 2.05) is 34.9 Å². The van der Waals surface area contributed by atoms with E-state index < -0.39 is 5.25 Å². The lowest BCUT2D eigenvalue weighted by Gasteiger charge is -2.21. The van der Waals surface area contributed by atoms with Gasteiger partial charge in [0.2, 0.25) is 5.91 Å². The van der Waals surface area contributed by atoms with Crippen LogP contribution in [0.4, 0.5) is 5.69 Å². The Kier molecular flexibility index (Phi) is 6.36. The summed E-state index contributed by atoms with van der Waals surface area (Å²) in [5.74, 6) is 0.356. The number of nitrogens with zero attached hydrogens (tertiary/aromatic N) is 4. The van der Waals surface area contributed by atoms with Gasteiger partial charge in [-0.25, -0.2) is 0 Å². The summed E-state index contributed by atoms with van der Waals surface area (Å²) in [6.07, 6.45) is 0. The molecule has 0 bridgehead atoms. The number of primary amides is 1. The monoisotopic (exact) mass is 395 g/mol. The van der Waals surface area contributed by atoms with E-state index in [2.05, 4.69) is 53.2 Å². The van der Waals surface area contributed by atoms with Gasteiger partial charge in [0.25, 0.3) is 0 Å². The summed E-state index contributed by atoms with van der Waals surface area (Å²) in [7, 11) is 0. The summed E-state index contributed by atoms with van der Waals surface area (Å²) >= 11 is 1.31. The molecular weight excluding hydrogens is 370 g/mol. The molecule has 3 rings (SSSR count). The number of para-hydroxylation sites is 1. The second-order valence-electron chi connectivity index (χ2n) is 6.36. The van der Waals surface area contributed by atoms with E-state index in [9.17, 15) is 4.79 Å². The van der Waals surface area contributed by atoms with Crippen molar-refractivity contribution in [2.75, 3.05) is 18.0 Å². The van der Waals surface area contributed by atoms with Crippen molar-refractivity contribution in [2.45, 2.75) is 31.2 Å². The van der Waals surface area contributed by atoms with Crippen LogP contribution >= 0.6 is 11.8 Å². The lowest BCUT2D eigenvalue weighted by atomic mass is 10.1. The van der Waals surface area contributed by atoms with E-state index in [-0.39, 0.29) is 5.91 Å². The van der Waals surface area contributed by atoms with E-state index >= 15 is 0 Å². The predicted molar refractivity (Wildman–Crippen MR) is 115 cm³/mol. The average Bonchev–Trinajstić information content (AvgIpc) is 3.13. The van der Waals surface area contributed by atoms with Gasteiger partial charge in [-0.1, -0.05) is 30.0 Å². The molecule has 0 radical (unpaired) electrons. The lowest BCUT2D eigenvalue weighted by molar-refractivity contribution is -0.117. The number of nitrogens with two attached hydrogens (primary N) is 1. The number of hydrogen-bond acceptors (Lipinski definition) is 5. The minimum atomic E-state index is -0.399. The second-order valence-corrected chi connectivity index (χ2v) is 7.67. The van der Waals surface area contributed by atoms with E-state index in [0.29, 0.717) is 5.16 Å². The van der Waals surface area contributed by atoms with Gasteiger partial charge < -0.3 is 10.6 Å². The fourth-order valence-electron chi connectivity index (χ4n) is 2.97. The van der Waals surface area contributed by atoms with Crippen molar-refractivity contribution in [3.63, 3.8) is 0 Å². The van der Waals surface area contributed by atoms with Crippen molar-refractivity contribution in [2.24, 2.45) is 5.73 Å². The maximum atomic E-state index is 11.5. The first-order chi connectivity index (χ1) is 13.5. The normalized spacial score (nSPS) is 12.0. The van der Waals surface area contributed by atoms with Gasteiger partial charge in [0.05, 0.1) is 5.25 Å². The zero-order chi connectivity index (χ0) is 20.1. The number of anilines is 1. The Labute approximate surface area is 169 Å². The lowest BCUT2D eigenvalue weighted by Crippen LogP contribution is -2.23. The third-order valence-electron chi connectivity index (χ3n) is 4.58. The molecule has 0 saturated carbocycles. The summed E-state index contributed by atoms with van der Waals surface area (Å²) < 4.78 is 1.97. The van der Waals surface area contributed by atoms with Crippen molar-refractivity contribution < 1.29 is 4.79 Å². The number of aromatic nitrogens is 3. The van der Waals surface area contributed by atoms with Crippen molar-refractivity contribution in [1.29, 1.82) is 0 Å². The summed E-state index contributed by atoms with van der Waals surface area (Å²) in [6.45, 7) is 7.99. The fourth-order valence-corrected chi connectivity index (χ4v) is 3.79. The van der Waals surface area contributed by atoms with Crippen LogP contribution in [0.5, 0.6) is 0 Å². The Morgan fingerprint density at radius 2 is 1.71 bits per heavy atom. The minimum absolute atomic E-state index is 0.377. The highest BCUT2D eigenvalue weighted by Crippen LogP contribution is 2.30. The van der Waals surface area contributed by atoms with E-state index in [1.165, 1.54) is 17.4 Å². The van der Waals surface area contributed by atoms with Crippen LogP contribution in [0.3, 0.4) is 0 Å². The van der Waals surface area contributed by atoms with Crippen LogP contribution in [0.1, 0.15) is 20.8 Å². The predicted octanol–water partition coefficient (Wildman–Crippen LogP) is 3.75. The van der Waals surface area contributed by atoms with Gasteiger partial charge in [-0.3, -0.25) is 9.36 Å². The Morgan fingerprint density at radius 3 is 2.29 bits per heavy atom. The second kappa shape index (κ2) is 8.93. The van der Waals surface area contributed by atoms with Gasteiger partial charge in [0.1, 0.15) is 0 Å². The van der Waals surface area contributed by atoms with Crippen molar-refractivity contribution >= 4 is 23.4 Å². The van der Waals surface area contributed by atoms with Crippen LogP contribution in [0, 0.1) is 0 Å². The standard InChI is InChI=1S/C21H25N5OS/c1-4-25(5-2)17-13-11-16(12-14-17)20-23-24-21(28-15(3)19(22)27)26(20)18-9-7-6-8-10-18/h6-15H,4-5H2,1-3H3,(H2,22,27)/t15-/m1/s1. The van der Waals surface area contributed by atoms with Crippen LogP contribution in [0.2, 0.25) is 0 Å². The molecule has 1 atom stereocenters. The van der Waals surface area contributed by atoms with Gasteiger partial charge in [-0.15, -0.1) is 10.2 Å². The first-order valence-electron chi connectivity index (χ1n) is 9.37. The van der Waals surface area contributed by atoms with Gasteiger partial charge >= 0.3 is 0 Å². The van der Waals surface area contributed by atoms with Crippen molar-refractivity contribution in [1.82, 2.24) is 14.8 Å². The quantitative estimate of drug-likeness (QED) is 0.588. The molecule has 3 aromatic rings. The molecule has 28 heavy (non-hydrogen) atoms. The van der Waals surface area contributed by atoms with Crippen molar-refractivity contribution in [3.8, 4) is 17.1 Å². The topological polar surface area (TPSA) is 77.0 Å². The molecule has 0 aliphatic heterocycles. The molecule has 0 aliphatic carbocycles. The summed E-state index contributed by atoms with van der Waals surface area (Å²) in [5.41, 5.74) is 8.52. The largest absolute Gasteiger partial charge is 0.372 e. The molecule has 2 aromatic carbocycles. The average molecular weight is 396 g/mol. The van der Waals surface area contributed by atoms with Gasteiger partial charge in [0, 0.05) is 30.0 Å². The molecule has 0 fully saturated rings. The summed E-state index contributed by atoms with van der Waals surface area (Å²) in [4.78, 5) is 13.8. The maximum Gasteiger partial charge on any atom is 0.230 e. The van der Waals surface area contributed by atoms with Crippen LogP contribution in [-0.2, 0) is 4.79 Å². The number of thioether (sulfide) groups is 1. The Hall–Kier alpha value is -2.80. The Morgan fingerprint density at radius 1 is 1.07 bits per heavy atom. The van der Waals surface area contributed by atoms with Crippen LogP contribution in [0.25, 0.3) is 17.1 Å². The molecule has 146 valence electrons. The molecule has 6 nitrogen and oxygen atoms in total. The molecular formula is C21H25N5OS. The molecule has 0 spiro atoms. The number of rotatable bonds is 8.